The second kappa shape index (κ2) is 8.20. The Bertz CT molecular complexity index is 459. The molecule has 1 fully saturated rings. The molecule has 1 aliphatic rings. The molecule has 0 bridgehead atoms. The van der Waals surface area contributed by atoms with Gasteiger partial charge in [-0.25, -0.2) is 0 Å². The Morgan fingerprint density at radius 3 is 2.57 bits per heavy atom. The number of nitrogens with zero attached hydrogens (tertiary/aromatic N) is 2. The van der Waals surface area contributed by atoms with E-state index in [1.54, 1.807) is 7.11 Å². The van der Waals surface area contributed by atoms with Crippen LogP contribution in [0.4, 0.5) is 5.69 Å². The van der Waals surface area contributed by atoms with E-state index in [1.807, 2.05) is 23.3 Å². The lowest BCUT2D eigenvalue weighted by molar-refractivity contribution is -0.0753. The van der Waals surface area contributed by atoms with Crippen LogP contribution in [0.25, 0.3) is 0 Å². The maximum Gasteiger partial charge on any atom is 0.187 e. The Morgan fingerprint density at radius 1 is 1.19 bits per heavy atom. The van der Waals surface area contributed by atoms with Crippen molar-refractivity contribution in [2.75, 3.05) is 38.2 Å². The Labute approximate surface area is 132 Å². The number of piperazine rings is 1. The first-order valence-corrected chi connectivity index (χ1v) is 7.99. The van der Waals surface area contributed by atoms with Gasteiger partial charge in [0.25, 0.3) is 0 Å². The molecule has 21 heavy (non-hydrogen) atoms. The summed E-state index contributed by atoms with van der Waals surface area (Å²) < 4.78 is 5.43. The molecule has 0 aromatic heterocycles. The summed E-state index contributed by atoms with van der Waals surface area (Å²) in [6, 6.07) is 8.13. The zero-order chi connectivity index (χ0) is 15.1. The highest BCUT2D eigenvalue weighted by Gasteiger charge is 2.21. The minimum Gasteiger partial charge on any atom is -0.495 e. The van der Waals surface area contributed by atoms with Crippen molar-refractivity contribution in [1.29, 1.82) is 0 Å². The predicted molar refractivity (Wildman–Crippen MR) is 90.0 cm³/mol. The summed E-state index contributed by atoms with van der Waals surface area (Å²) in [6.07, 6.45) is 3.11. The molecule has 0 unspecified atom stereocenters. The monoisotopic (exact) mass is 308 g/mol. The lowest BCUT2D eigenvalue weighted by atomic mass is 10.2. The summed E-state index contributed by atoms with van der Waals surface area (Å²) in [7, 11) is 1.71. The number of rotatable bonds is 6. The first-order valence-electron chi connectivity index (χ1n) is 7.58. The van der Waals surface area contributed by atoms with E-state index in [2.05, 4.69) is 17.9 Å². The first kappa shape index (κ1) is 16.0. The predicted octanol–water partition coefficient (Wildman–Crippen LogP) is 3.27. The fourth-order valence-corrected chi connectivity index (χ4v) is 2.67. The van der Waals surface area contributed by atoms with E-state index in [1.165, 1.54) is 0 Å². The molecular weight excluding hydrogens is 284 g/mol. The summed E-state index contributed by atoms with van der Waals surface area (Å²) in [5.41, 5.74) is 1.15. The van der Waals surface area contributed by atoms with Gasteiger partial charge in [-0.15, -0.1) is 5.06 Å². The van der Waals surface area contributed by atoms with Gasteiger partial charge in [0.1, 0.15) is 5.75 Å². The summed E-state index contributed by atoms with van der Waals surface area (Å²) in [4.78, 5) is 8.07. The third-order valence-corrected chi connectivity index (χ3v) is 3.91. The van der Waals surface area contributed by atoms with Crippen LogP contribution < -0.4 is 9.64 Å². The van der Waals surface area contributed by atoms with Crippen LogP contribution in [0.1, 0.15) is 26.2 Å². The molecule has 0 N–H and O–H groups in total. The maximum absolute atomic E-state index is 5.74. The smallest absolute Gasteiger partial charge is 0.187 e. The molecule has 0 aliphatic carbocycles. The van der Waals surface area contributed by atoms with Crippen molar-refractivity contribution in [2.45, 2.75) is 26.2 Å². The second-order valence-corrected chi connectivity index (χ2v) is 5.61. The number of ether oxygens (including phenoxy) is 1. The van der Waals surface area contributed by atoms with Gasteiger partial charge in [-0.05, 0) is 30.8 Å². The molecule has 1 heterocycles. The molecule has 0 atom stereocenters. The van der Waals surface area contributed by atoms with Crippen LogP contribution >= 0.6 is 12.2 Å². The van der Waals surface area contributed by atoms with Gasteiger partial charge >= 0.3 is 0 Å². The minimum absolute atomic E-state index is 0.711. The molecule has 1 saturated heterocycles. The van der Waals surface area contributed by atoms with Gasteiger partial charge in [0.15, 0.2) is 5.05 Å². The van der Waals surface area contributed by atoms with Crippen LogP contribution in [0, 0.1) is 0 Å². The quantitative estimate of drug-likeness (QED) is 0.751. The molecule has 0 saturated carbocycles. The largest absolute Gasteiger partial charge is 0.495 e. The molecule has 0 spiro atoms. The lowest BCUT2D eigenvalue weighted by Crippen LogP contribution is -2.47. The number of para-hydroxylation sites is 2. The Balaban J connectivity index is 1.84. The standard InChI is InChI=1S/C16H24N2O2S/c1-3-4-9-16(21)20-18-12-10-17(11-13-18)14-7-5-6-8-15(14)19-2/h5-8H,3-4,9-13H2,1-2H3. The van der Waals surface area contributed by atoms with Gasteiger partial charge in [-0.2, -0.15) is 0 Å². The maximum atomic E-state index is 5.74. The third kappa shape index (κ3) is 4.58. The van der Waals surface area contributed by atoms with Crippen molar-refractivity contribution in [2.24, 2.45) is 0 Å². The normalized spacial score (nSPS) is 15.8. The van der Waals surface area contributed by atoms with Crippen LogP contribution in [0.3, 0.4) is 0 Å². The Morgan fingerprint density at radius 2 is 1.90 bits per heavy atom. The van der Waals surface area contributed by atoms with Gasteiger partial charge in [-0.1, -0.05) is 25.5 Å². The van der Waals surface area contributed by atoms with Gasteiger partial charge in [0.2, 0.25) is 0 Å². The van der Waals surface area contributed by atoms with E-state index < -0.39 is 0 Å². The highest BCUT2D eigenvalue weighted by atomic mass is 32.1. The molecule has 1 aliphatic heterocycles. The van der Waals surface area contributed by atoms with E-state index in [4.69, 9.17) is 21.8 Å². The fourth-order valence-electron chi connectivity index (χ4n) is 2.42. The van der Waals surface area contributed by atoms with E-state index >= 15 is 0 Å². The number of hydrogen-bond donors (Lipinski definition) is 0. The number of methoxy groups -OCH3 is 1. The van der Waals surface area contributed by atoms with E-state index in [0.717, 1.165) is 56.9 Å². The summed E-state index contributed by atoms with van der Waals surface area (Å²) in [5, 5.41) is 2.69. The average Bonchev–Trinajstić information content (AvgIpc) is 2.53. The van der Waals surface area contributed by atoms with E-state index in [-0.39, 0.29) is 0 Å². The topological polar surface area (TPSA) is 24.9 Å². The van der Waals surface area contributed by atoms with Crippen LogP contribution in [0.5, 0.6) is 5.75 Å². The van der Waals surface area contributed by atoms with Gasteiger partial charge in [0, 0.05) is 19.5 Å². The average molecular weight is 308 g/mol. The van der Waals surface area contributed by atoms with Gasteiger partial charge in [0.05, 0.1) is 25.9 Å². The van der Waals surface area contributed by atoms with Crippen molar-refractivity contribution < 1.29 is 9.57 Å². The highest BCUT2D eigenvalue weighted by molar-refractivity contribution is 7.80. The summed E-state index contributed by atoms with van der Waals surface area (Å²) in [5.74, 6) is 0.922. The SMILES string of the molecule is CCCCC(=S)ON1CCN(c2ccccc2OC)CC1. The molecule has 116 valence electrons. The van der Waals surface area contributed by atoms with Gasteiger partial charge in [-0.3, -0.25) is 0 Å². The molecule has 5 heteroatoms. The van der Waals surface area contributed by atoms with Crippen LogP contribution in [0.15, 0.2) is 24.3 Å². The molecule has 0 radical (unpaired) electrons. The highest BCUT2D eigenvalue weighted by Crippen LogP contribution is 2.28. The number of anilines is 1. The van der Waals surface area contributed by atoms with Crippen molar-refractivity contribution in [3.8, 4) is 5.75 Å². The zero-order valence-electron chi connectivity index (χ0n) is 12.9. The minimum atomic E-state index is 0.711. The van der Waals surface area contributed by atoms with Crippen LogP contribution in [0.2, 0.25) is 0 Å². The first-order chi connectivity index (χ1) is 10.2. The van der Waals surface area contributed by atoms with Crippen molar-refractivity contribution in [3.63, 3.8) is 0 Å². The molecule has 1 aromatic carbocycles. The zero-order valence-corrected chi connectivity index (χ0v) is 13.7. The number of hydroxylamine groups is 2. The number of thiocarbonyl (C=S) groups is 1. The van der Waals surface area contributed by atoms with Crippen LogP contribution in [-0.2, 0) is 4.84 Å². The summed E-state index contributed by atoms with van der Waals surface area (Å²) >= 11 is 5.27. The van der Waals surface area contributed by atoms with E-state index in [9.17, 15) is 0 Å². The molecule has 1 aromatic rings. The lowest BCUT2D eigenvalue weighted by Gasteiger charge is -2.35. The third-order valence-electron chi connectivity index (χ3n) is 3.63. The molecule has 4 nitrogen and oxygen atoms in total. The Hall–Kier alpha value is -1.33. The number of benzene rings is 1. The van der Waals surface area contributed by atoms with E-state index in [0.29, 0.717) is 5.05 Å². The fraction of sp³-hybridized carbons (Fsp3) is 0.562. The number of hydrogen-bond acceptors (Lipinski definition) is 5. The molecule has 2 rings (SSSR count). The molecular formula is C16H24N2O2S. The summed E-state index contributed by atoms with van der Waals surface area (Å²) in [6.45, 7) is 5.69. The Kier molecular flexibility index (Phi) is 6.26. The van der Waals surface area contributed by atoms with Gasteiger partial charge < -0.3 is 14.5 Å². The molecule has 0 amide bonds. The second-order valence-electron chi connectivity index (χ2n) is 5.15. The van der Waals surface area contributed by atoms with Crippen LogP contribution in [-0.4, -0.2) is 43.4 Å². The van der Waals surface area contributed by atoms with Crippen molar-refractivity contribution >= 4 is 23.0 Å². The number of unbranched alkanes of at least 4 members (excludes halogenated alkanes) is 1. The van der Waals surface area contributed by atoms with Crippen molar-refractivity contribution in [3.05, 3.63) is 24.3 Å². The van der Waals surface area contributed by atoms with Crippen molar-refractivity contribution in [1.82, 2.24) is 5.06 Å².